The number of halogens is 2. The zero-order valence-corrected chi connectivity index (χ0v) is 22.0. The van der Waals surface area contributed by atoms with E-state index in [4.69, 9.17) is 0 Å². The van der Waals surface area contributed by atoms with Gasteiger partial charge in [-0.1, -0.05) is 0 Å². The predicted octanol–water partition coefficient (Wildman–Crippen LogP) is 1.69. The maximum Gasteiger partial charge on any atom is -1.00 e. The van der Waals surface area contributed by atoms with Gasteiger partial charge < -0.3 is 24.8 Å². The normalized spacial score (nSPS) is 22.1. The van der Waals surface area contributed by atoms with Crippen LogP contribution in [0.5, 0.6) is 0 Å². The van der Waals surface area contributed by atoms with Crippen LogP contribution in [0.1, 0.15) is 92.9 Å². The number of unbranched alkanes of at least 4 members (excludes halogenated alkanes) is 1. The van der Waals surface area contributed by atoms with Gasteiger partial charge in [-0.25, -0.2) is 0 Å². The zero-order valence-electron chi connectivity index (χ0n) is 18.1. The first kappa shape index (κ1) is 25.5. The molecule has 1 saturated carbocycles. The second kappa shape index (κ2) is 10.5. The van der Waals surface area contributed by atoms with Crippen molar-refractivity contribution in [1.29, 1.82) is 0 Å². The molecule has 1 fully saturated rings. The molecule has 0 aromatic carbocycles. The quantitative estimate of drug-likeness (QED) is 0.536. The second-order valence-electron chi connectivity index (χ2n) is 8.93. The van der Waals surface area contributed by atoms with Crippen LogP contribution in [0.3, 0.4) is 0 Å². The molecule has 3 heteroatoms. The molecule has 0 aromatic heterocycles. The molecule has 3 rings (SSSR count). The first-order chi connectivity index (χ1) is 11.9. The van der Waals surface area contributed by atoms with Crippen LogP contribution < -0.4 is 24.8 Å². The molecule has 0 bridgehead atoms. The molecule has 3 aliphatic carbocycles. The molecule has 0 spiro atoms. The first-order valence-electron chi connectivity index (χ1n) is 10.5. The third-order valence-corrected chi connectivity index (χ3v) is 12.4. The van der Waals surface area contributed by atoms with Gasteiger partial charge in [-0.2, -0.15) is 0 Å². The summed E-state index contributed by atoms with van der Waals surface area (Å²) in [6, 6.07) is 0. The van der Waals surface area contributed by atoms with Crippen molar-refractivity contribution < 1.29 is 48.0 Å². The van der Waals surface area contributed by atoms with Crippen molar-refractivity contribution in [2.45, 2.75) is 92.9 Å². The third kappa shape index (κ3) is 4.95. The van der Waals surface area contributed by atoms with E-state index in [9.17, 15) is 0 Å². The predicted molar refractivity (Wildman–Crippen MR) is 106 cm³/mol. The summed E-state index contributed by atoms with van der Waals surface area (Å²) >= 11 is -0.708. The number of hydrogen-bond donors (Lipinski definition) is 0. The molecule has 0 amide bonds. The van der Waals surface area contributed by atoms with Crippen LogP contribution >= 0.6 is 0 Å². The van der Waals surface area contributed by atoms with Crippen molar-refractivity contribution in [2.24, 2.45) is 11.3 Å². The molecule has 3 aliphatic rings. The van der Waals surface area contributed by atoms with Gasteiger partial charge in [0.25, 0.3) is 0 Å². The van der Waals surface area contributed by atoms with Crippen LogP contribution in [-0.4, -0.2) is 0 Å². The minimum atomic E-state index is -0.708. The van der Waals surface area contributed by atoms with Gasteiger partial charge in [0, 0.05) is 0 Å². The Kier molecular flexibility index (Phi) is 9.86. The molecule has 0 atom stereocenters. The summed E-state index contributed by atoms with van der Waals surface area (Å²) in [7, 11) is 0. The van der Waals surface area contributed by atoms with Crippen LogP contribution in [0, 0.1) is 11.3 Å². The topological polar surface area (TPSA) is 0 Å². The van der Waals surface area contributed by atoms with Crippen molar-refractivity contribution in [2.75, 3.05) is 0 Å². The molecular formula is C24H36Cl2Zr. The van der Waals surface area contributed by atoms with Crippen LogP contribution in [0.25, 0.3) is 0 Å². The summed E-state index contributed by atoms with van der Waals surface area (Å²) in [4.78, 5) is 0. The summed E-state index contributed by atoms with van der Waals surface area (Å²) in [6.07, 6.45) is 13.8. The monoisotopic (exact) mass is 484 g/mol. The molecule has 150 valence electrons. The largest absolute Gasteiger partial charge is 1.00 e. The van der Waals surface area contributed by atoms with E-state index in [1.807, 2.05) is 17.7 Å². The summed E-state index contributed by atoms with van der Waals surface area (Å²) in [6.45, 7) is 14.4. The maximum atomic E-state index is 2.65. The van der Waals surface area contributed by atoms with Crippen LogP contribution in [0.2, 0.25) is 0 Å². The van der Waals surface area contributed by atoms with E-state index in [0.717, 1.165) is 5.92 Å². The van der Waals surface area contributed by atoms with Gasteiger partial charge >= 0.3 is 168 Å². The molecule has 0 aromatic rings. The number of hydrogen-bond acceptors (Lipinski definition) is 0. The summed E-state index contributed by atoms with van der Waals surface area (Å²) in [5.74, 6) is 0.899. The Morgan fingerprint density at radius 1 is 1.04 bits per heavy atom. The van der Waals surface area contributed by atoms with Gasteiger partial charge in [0.1, 0.15) is 0 Å². The fourth-order valence-corrected chi connectivity index (χ4v) is 9.86. The molecular weight excluding hydrogens is 450 g/mol. The summed E-state index contributed by atoms with van der Waals surface area (Å²) < 4.78 is 3.79. The van der Waals surface area contributed by atoms with Crippen molar-refractivity contribution in [1.82, 2.24) is 0 Å². The Morgan fingerprint density at radius 3 is 2.19 bits per heavy atom. The molecule has 0 nitrogen and oxygen atoms in total. The van der Waals surface area contributed by atoms with Crippen molar-refractivity contribution in [3.05, 3.63) is 40.5 Å². The Hall–Kier alpha value is 0.423. The van der Waals surface area contributed by atoms with Gasteiger partial charge in [-0.15, -0.1) is 0 Å². The van der Waals surface area contributed by atoms with Crippen molar-refractivity contribution in [3.8, 4) is 0 Å². The van der Waals surface area contributed by atoms with Crippen LogP contribution in [0.4, 0.5) is 0 Å². The van der Waals surface area contributed by atoms with E-state index in [0.29, 0.717) is 5.41 Å². The fraction of sp³-hybridized carbons (Fsp3) is 0.667. The number of allylic oxidation sites excluding steroid dienone is 8. The average molecular weight is 487 g/mol. The number of rotatable bonds is 6. The smallest absolute Gasteiger partial charge is 1.00 e. The molecule has 0 unspecified atom stereocenters. The molecule has 0 radical (unpaired) electrons. The first-order valence-corrected chi connectivity index (χ1v) is 12.9. The van der Waals surface area contributed by atoms with E-state index in [1.165, 1.54) is 51.4 Å². The Bertz CT molecular complexity index is 670. The van der Waals surface area contributed by atoms with E-state index in [-0.39, 0.29) is 24.8 Å². The molecule has 0 aliphatic heterocycles. The van der Waals surface area contributed by atoms with E-state index in [2.05, 4.69) is 47.6 Å². The Balaban J connectivity index is 0.00000182. The molecule has 0 saturated heterocycles. The van der Waals surface area contributed by atoms with Gasteiger partial charge in [0.2, 0.25) is 0 Å². The molecule has 0 heterocycles. The van der Waals surface area contributed by atoms with Crippen molar-refractivity contribution >= 4 is 0 Å². The van der Waals surface area contributed by atoms with E-state index < -0.39 is 23.2 Å². The third-order valence-electron chi connectivity index (χ3n) is 7.15. The second-order valence-corrected chi connectivity index (χ2v) is 12.0. The maximum absolute atomic E-state index is 2.65. The minimum absolute atomic E-state index is 0. The Morgan fingerprint density at radius 2 is 1.67 bits per heavy atom. The van der Waals surface area contributed by atoms with Crippen LogP contribution in [-0.2, 0) is 23.2 Å². The van der Waals surface area contributed by atoms with E-state index >= 15 is 0 Å². The SMILES string of the molecule is CCCCC1=[C]([Zr+2][C]2=C(C)C(C)=C(C)C2(C)C)C(C2CCCC2)=CC1.[Cl-].[Cl-]. The standard InChI is InChI=1S/C14H21.C10H15.2ClH.Zr/c1-2-3-6-12-9-10-14(11-12)13-7-4-5-8-13;1-7-6-10(4,5)9(3)8(7)2;;;/h10,13H,2-9H2,1H3;1-5H3;2*1H;/q;;;;+2/p-2. The molecule has 27 heavy (non-hydrogen) atoms. The van der Waals surface area contributed by atoms with Gasteiger partial charge in [-0.05, 0) is 0 Å². The summed E-state index contributed by atoms with van der Waals surface area (Å²) in [5.41, 5.74) is 8.84. The van der Waals surface area contributed by atoms with Gasteiger partial charge in [0.15, 0.2) is 0 Å². The van der Waals surface area contributed by atoms with Crippen LogP contribution in [0.15, 0.2) is 40.5 Å². The zero-order chi connectivity index (χ0) is 18.2. The van der Waals surface area contributed by atoms with E-state index in [1.54, 1.807) is 16.7 Å². The average Bonchev–Trinajstić information content (AvgIpc) is 3.27. The van der Waals surface area contributed by atoms with Crippen molar-refractivity contribution in [3.63, 3.8) is 0 Å². The summed E-state index contributed by atoms with van der Waals surface area (Å²) in [5, 5.41) is 0. The minimum Gasteiger partial charge on any atom is -1.00 e. The fourth-order valence-electron chi connectivity index (χ4n) is 5.00. The molecule has 0 N–H and O–H groups in total. The van der Waals surface area contributed by atoms with Gasteiger partial charge in [0.05, 0.1) is 0 Å². The Labute approximate surface area is 191 Å². The van der Waals surface area contributed by atoms with Gasteiger partial charge in [-0.3, -0.25) is 0 Å².